The van der Waals surface area contributed by atoms with Gasteiger partial charge in [-0.15, -0.1) is 0 Å². The topological polar surface area (TPSA) is 124 Å². The van der Waals surface area contributed by atoms with Crippen molar-refractivity contribution in [3.8, 4) is 11.1 Å². The first-order chi connectivity index (χ1) is 13.8. The molecule has 0 spiro atoms. The molecule has 0 radical (unpaired) electrons. The Balaban J connectivity index is 2.11. The third-order valence-corrected chi connectivity index (χ3v) is 5.60. The molecule has 4 N–H and O–H groups in total. The fraction of sp³-hybridized carbons (Fsp3) is 0.333. The molecule has 2 aromatic carbocycles. The monoisotopic (exact) mass is 417 g/mol. The fourth-order valence-electron chi connectivity index (χ4n) is 3.24. The van der Waals surface area contributed by atoms with Crippen LogP contribution in [0.15, 0.2) is 30.3 Å². The Morgan fingerprint density at radius 1 is 1.07 bits per heavy atom. The van der Waals surface area contributed by atoms with Gasteiger partial charge in [0.05, 0.1) is 16.9 Å². The summed E-state index contributed by atoms with van der Waals surface area (Å²) in [5.74, 6) is -1.70. The van der Waals surface area contributed by atoms with Crippen LogP contribution in [0.5, 0.6) is 0 Å². The summed E-state index contributed by atoms with van der Waals surface area (Å²) in [5.41, 5.74) is 2.95. The Morgan fingerprint density at radius 2 is 1.76 bits per heavy atom. The lowest BCUT2D eigenvalue weighted by molar-refractivity contribution is 0.0695. The van der Waals surface area contributed by atoms with Gasteiger partial charge in [0.25, 0.3) is 0 Å². The van der Waals surface area contributed by atoms with Gasteiger partial charge < -0.3 is 20.1 Å². The van der Waals surface area contributed by atoms with Crippen LogP contribution in [-0.2, 0) is 17.5 Å². The Hall–Kier alpha value is -2.71. The van der Waals surface area contributed by atoms with E-state index in [1.165, 1.54) is 6.07 Å². The van der Waals surface area contributed by atoms with Crippen LogP contribution in [0.1, 0.15) is 44.7 Å². The average Bonchev–Trinajstić information content (AvgIpc) is 3.48. The van der Waals surface area contributed by atoms with Crippen molar-refractivity contribution in [2.45, 2.75) is 26.2 Å². The minimum atomic E-state index is -1.92. The molecule has 1 unspecified atom stereocenters. The van der Waals surface area contributed by atoms with Crippen molar-refractivity contribution in [2.24, 2.45) is 5.92 Å². The predicted molar refractivity (Wildman–Crippen MR) is 111 cm³/mol. The normalized spacial score (nSPS) is 14.4. The van der Waals surface area contributed by atoms with Gasteiger partial charge in [-0.05, 0) is 73.1 Å². The van der Waals surface area contributed by atoms with Gasteiger partial charge in [-0.25, -0.2) is 13.8 Å². The lowest BCUT2D eigenvalue weighted by Crippen LogP contribution is -2.09. The largest absolute Gasteiger partial charge is 0.478 e. The SMILES string of the molecule is Cc1cc(-c2cc(CCS(=O)O)ccc2NCC2CC2)c(C(=O)O)cc1C(=O)O. The molecule has 1 aliphatic carbocycles. The zero-order chi connectivity index (χ0) is 21.1. The number of carbonyl (C=O) groups is 2. The van der Waals surface area contributed by atoms with Gasteiger partial charge in [0, 0.05) is 17.8 Å². The molecule has 29 heavy (non-hydrogen) atoms. The maximum Gasteiger partial charge on any atom is 0.336 e. The lowest BCUT2D eigenvalue weighted by Gasteiger charge is -2.17. The number of aromatic carboxylic acids is 2. The maximum absolute atomic E-state index is 11.9. The third-order valence-electron chi connectivity index (χ3n) is 5.04. The maximum atomic E-state index is 11.9. The van der Waals surface area contributed by atoms with E-state index >= 15 is 0 Å². The van der Waals surface area contributed by atoms with Crippen LogP contribution in [0.3, 0.4) is 0 Å². The van der Waals surface area contributed by atoms with Gasteiger partial charge >= 0.3 is 11.9 Å². The van der Waals surface area contributed by atoms with E-state index in [1.807, 2.05) is 18.2 Å². The summed E-state index contributed by atoms with van der Waals surface area (Å²) in [6, 6.07) is 8.28. The number of carboxylic acids is 2. The Labute approximate surface area is 171 Å². The lowest BCUT2D eigenvalue weighted by atomic mass is 9.91. The molecule has 0 saturated heterocycles. The summed E-state index contributed by atoms with van der Waals surface area (Å²) in [4.78, 5) is 23.3. The van der Waals surface area contributed by atoms with E-state index < -0.39 is 23.0 Å². The first kappa shape index (κ1) is 21.0. The number of hydrogen-bond donors (Lipinski definition) is 4. The number of aryl methyl sites for hydroxylation is 2. The van der Waals surface area contributed by atoms with Gasteiger partial charge in [-0.1, -0.05) is 6.07 Å². The van der Waals surface area contributed by atoms with Gasteiger partial charge in [-0.3, -0.25) is 0 Å². The molecule has 0 amide bonds. The van der Waals surface area contributed by atoms with Crippen LogP contribution in [0, 0.1) is 12.8 Å². The van der Waals surface area contributed by atoms with Crippen molar-refractivity contribution in [1.29, 1.82) is 0 Å². The summed E-state index contributed by atoms with van der Waals surface area (Å²) in [6.07, 6.45) is 2.69. The molecule has 1 fully saturated rings. The number of benzene rings is 2. The summed E-state index contributed by atoms with van der Waals surface area (Å²) >= 11 is -1.92. The van der Waals surface area contributed by atoms with E-state index in [-0.39, 0.29) is 16.9 Å². The zero-order valence-corrected chi connectivity index (χ0v) is 16.8. The molecule has 8 heteroatoms. The highest BCUT2D eigenvalue weighted by Gasteiger charge is 2.23. The van der Waals surface area contributed by atoms with Crippen molar-refractivity contribution in [2.75, 3.05) is 17.6 Å². The van der Waals surface area contributed by atoms with Crippen LogP contribution < -0.4 is 5.32 Å². The van der Waals surface area contributed by atoms with Crippen LogP contribution in [-0.4, -0.2) is 43.2 Å². The first-order valence-electron chi connectivity index (χ1n) is 9.32. The van der Waals surface area contributed by atoms with E-state index in [0.717, 1.165) is 30.6 Å². The van der Waals surface area contributed by atoms with Crippen LogP contribution in [0.2, 0.25) is 0 Å². The molecule has 3 rings (SSSR count). The van der Waals surface area contributed by atoms with E-state index in [9.17, 15) is 24.0 Å². The minimum absolute atomic E-state index is 0.0505. The van der Waals surface area contributed by atoms with Crippen molar-refractivity contribution < 1.29 is 28.6 Å². The second kappa shape index (κ2) is 8.75. The average molecular weight is 417 g/mol. The van der Waals surface area contributed by atoms with Gasteiger partial charge in [0.15, 0.2) is 11.1 Å². The van der Waals surface area contributed by atoms with Crippen molar-refractivity contribution >= 4 is 28.7 Å². The molecular weight excluding hydrogens is 394 g/mol. The summed E-state index contributed by atoms with van der Waals surface area (Å²) in [5, 5.41) is 22.4. The molecule has 0 aromatic heterocycles. The molecule has 154 valence electrons. The molecule has 0 aliphatic heterocycles. The van der Waals surface area contributed by atoms with E-state index in [1.54, 1.807) is 13.0 Å². The van der Waals surface area contributed by atoms with E-state index in [4.69, 9.17) is 4.55 Å². The van der Waals surface area contributed by atoms with E-state index in [2.05, 4.69) is 5.32 Å². The standard InChI is InChI=1S/C21H23NO6S/c1-12-8-16(18(21(25)26)10-15(12)20(23)24)17-9-13(6-7-29(27)28)4-5-19(17)22-11-14-2-3-14/h4-5,8-10,14,22H,2-3,6-7,11H2,1H3,(H,23,24)(H,25,26)(H,27,28). The second-order valence-electron chi connectivity index (χ2n) is 7.30. The van der Waals surface area contributed by atoms with Crippen LogP contribution in [0.25, 0.3) is 11.1 Å². The molecule has 1 atom stereocenters. The number of rotatable bonds is 9. The second-order valence-corrected chi connectivity index (χ2v) is 8.35. The van der Waals surface area contributed by atoms with Crippen molar-refractivity contribution in [1.82, 2.24) is 0 Å². The Bertz CT molecular complexity index is 983. The van der Waals surface area contributed by atoms with Crippen LogP contribution in [0.4, 0.5) is 5.69 Å². The molecule has 2 aromatic rings. The summed E-state index contributed by atoms with van der Waals surface area (Å²) in [6.45, 7) is 2.41. The van der Waals surface area contributed by atoms with Crippen LogP contribution >= 0.6 is 0 Å². The zero-order valence-electron chi connectivity index (χ0n) is 16.0. The molecule has 0 bridgehead atoms. The number of anilines is 1. The highest BCUT2D eigenvalue weighted by atomic mass is 32.2. The summed E-state index contributed by atoms with van der Waals surface area (Å²) in [7, 11) is 0. The molecule has 7 nitrogen and oxygen atoms in total. The smallest absolute Gasteiger partial charge is 0.336 e. The number of hydrogen-bond acceptors (Lipinski definition) is 4. The molecule has 1 saturated carbocycles. The third kappa shape index (κ3) is 5.21. The molecular formula is C21H23NO6S. The van der Waals surface area contributed by atoms with Crippen molar-refractivity contribution in [3.63, 3.8) is 0 Å². The Kier molecular flexibility index (Phi) is 6.34. The van der Waals surface area contributed by atoms with Crippen molar-refractivity contribution in [3.05, 3.63) is 52.6 Å². The van der Waals surface area contributed by atoms with Gasteiger partial charge in [-0.2, -0.15) is 0 Å². The number of carboxylic acid groups (broad SMARTS) is 2. The molecule has 0 heterocycles. The highest BCUT2D eigenvalue weighted by Crippen LogP contribution is 2.36. The van der Waals surface area contributed by atoms with Gasteiger partial charge in [0.1, 0.15) is 0 Å². The van der Waals surface area contributed by atoms with E-state index in [0.29, 0.717) is 29.0 Å². The first-order valence-corrected chi connectivity index (χ1v) is 10.6. The summed E-state index contributed by atoms with van der Waals surface area (Å²) < 4.78 is 20.1. The predicted octanol–water partition coefficient (Wildman–Crippen LogP) is 3.64. The quantitative estimate of drug-likeness (QED) is 0.459. The molecule has 1 aliphatic rings. The Morgan fingerprint density at radius 3 is 2.34 bits per heavy atom. The number of nitrogens with one attached hydrogen (secondary N) is 1. The minimum Gasteiger partial charge on any atom is -0.478 e. The highest BCUT2D eigenvalue weighted by molar-refractivity contribution is 7.79. The van der Waals surface area contributed by atoms with Gasteiger partial charge in [0.2, 0.25) is 0 Å². The fourth-order valence-corrected chi connectivity index (χ4v) is 3.65.